The van der Waals surface area contributed by atoms with Gasteiger partial charge in [0.25, 0.3) is 5.91 Å². The normalized spacial score (nSPS) is 15.5. The highest BCUT2D eigenvalue weighted by Crippen LogP contribution is 2.32. The summed E-state index contributed by atoms with van der Waals surface area (Å²) in [7, 11) is 0. The molecular weight excluding hydrogens is 277 g/mol. The first-order valence-corrected chi connectivity index (χ1v) is 7.89. The molecule has 2 aromatic carbocycles. The van der Waals surface area contributed by atoms with Crippen LogP contribution >= 0.6 is 0 Å². The zero-order valence-corrected chi connectivity index (χ0v) is 12.5. The zero-order chi connectivity index (χ0) is 15.4. The third-order valence-electron chi connectivity index (χ3n) is 4.35. The molecule has 0 aromatic heterocycles. The van der Waals surface area contributed by atoms with Gasteiger partial charge in [-0.1, -0.05) is 31.4 Å². The monoisotopic (exact) mass is 297 g/mol. The Morgan fingerprint density at radius 2 is 1.55 bits per heavy atom. The highest BCUT2D eigenvalue weighted by Gasteiger charge is 2.15. The summed E-state index contributed by atoms with van der Waals surface area (Å²) in [5.74, 6) is 0.166. The molecule has 0 atom stereocenters. The Balaban J connectivity index is 1.66. The summed E-state index contributed by atoms with van der Waals surface area (Å²) in [6, 6.07) is 13.7. The Bertz CT molecular complexity index is 627. The van der Waals surface area contributed by atoms with Gasteiger partial charge in [0.2, 0.25) is 0 Å². The van der Waals surface area contributed by atoms with E-state index in [2.05, 4.69) is 17.4 Å². The summed E-state index contributed by atoms with van der Waals surface area (Å²) in [6.07, 6.45) is 6.45. The summed E-state index contributed by atoms with van der Waals surface area (Å²) in [4.78, 5) is 12.2. The fraction of sp³-hybridized carbons (Fsp3) is 0.316. The van der Waals surface area contributed by atoms with Gasteiger partial charge in [-0.3, -0.25) is 4.79 Å². The van der Waals surface area contributed by atoms with Crippen molar-refractivity contribution >= 4 is 11.6 Å². The zero-order valence-electron chi connectivity index (χ0n) is 12.5. The third-order valence-corrected chi connectivity index (χ3v) is 4.35. The van der Waals surface area contributed by atoms with Crippen LogP contribution in [0.3, 0.4) is 0 Å². The van der Waals surface area contributed by atoms with Crippen molar-refractivity contribution in [2.75, 3.05) is 5.32 Å². The van der Waals surface area contributed by atoms with Crippen molar-refractivity contribution in [1.82, 2.24) is 0 Å². The van der Waals surface area contributed by atoms with Crippen LogP contribution in [-0.4, -0.2) is 5.91 Å². The first-order chi connectivity index (χ1) is 10.7. The Hall–Kier alpha value is -2.16. The van der Waals surface area contributed by atoms with Gasteiger partial charge in [-0.25, -0.2) is 4.39 Å². The topological polar surface area (TPSA) is 29.1 Å². The number of halogens is 1. The van der Waals surface area contributed by atoms with Crippen LogP contribution in [0.15, 0.2) is 48.5 Å². The summed E-state index contributed by atoms with van der Waals surface area (Å²) in [6.45, 7) is 0. The molecule has 0 aliphatic heterocycles. The first kappa shape index (κ1) is 14.8. The van der Waals surface area contributed by atoms with Crippen LogP contribution in [0.25, 0.3) is 0 Å². The predicted octanol–water partition coefficient (Wildman–Crippen LogP) is 5.13. The highest BCUT2D eigenvalue weighted by molar-refractivity contribution is 6.04. The van der Waals surface area contributed by atoms with Gasteiger partial charge < -0.3 is 5.32 Å². The minimum atomic E-state index is -0.310. The quantitative estimate of drug-likeness (QED) is 0.836. The Morgan fingerprint density at radius 3 is 2.18 bits per heavy atom. The van der Waals surface area contributed by atoms with Crippen molar-refractivity contribution in [2.24, 2.45) is 0 Å². The molecule has 1 amide bonds. The first-order valence-electron chi connectivity index (χ1n) is 7.89. The molecule has 2 nitrogen and oxygen atoms in total. The summed E-state index contributed by atoms with van der Waals surface area (Å²) < 4.78 is 12.9. The second-order valence-corrected chi connectivity index (χ2v) is 5.92. The minimum Gasteiger partial charge on any atom is -0.322 e. The van der Waals surface area contributed by atoms with Crippen molar-refractivity contribution in [1.29, 1.82) is 0 Å². The fourth-order valence-electron chi connectivity index (χ4n) is 3.08. The molecule has 0 bridgehead atoms. The van der Waals surface area contributed by atoms with E-state index in [1.165, 1.54) is 49.8 Å². The molecule has 3 rings (SSSR count). The molecule has 0 unspecified atom stereocenters. The molecule has 1 aliphatic carbocycles. The SMILES string of the molecule is O=C(Nc1ccc(F)cc1)c1ccc(C2CCCCC2)cc1. The van der Waals surface area contributed by atoms with E-state index in [4.69, 9.17) is 0 Å². The Labute approximate surface area is 130 Å². The number of amides is 1. The predicted molar refractivity (Wildman–Crippen MR) is 86.6 cm³/mol. The number of anilines is 1. The van der Waals surface area contributed by atoms with E-state index in [0.717, 1.165) is 0 Å². The van der Waals surface area contributed by atoms with Gasteiger partial charge in [0, 0.05) is 11.3 Å². The van der Waals surface area contributed by atoms with Crippen LogP contribution in [0, 0.1) is 5.82 Å². The van der Waals surface area contributed by atoms with Gasteiger partial charge in [0.05, 0.1) is 0 Å². The van der Waals surface area contributed by atoms with Gasteiger partial charge >= 0.3 is 0 Å². The highest BCUT2D eigenvalue weighted by atomic mass is 19.1. The maximum Gasteiger partial charge on any atom is 0.255 e. The number of benzene rings is 2. The molecule has 1 N–H and O–H groups in total. The lowest BCUT2D eigenvalue weighted by Crippen LogP contribution is -2.12. The molecule has 0 radical (unpaired) electrons. The molecule has 114 valence electrons. The molecule has 1 aliphatic rings. The van der Waals surface area contributed by atoms with Gasteiger partial charge in [-0.2, -0.15) is 0 Å². The van der Waals surface area contributed by atoms with E-state index >= 15 is 0 Å². The molecule has 1 saturated carbocycles. The maximum atomic E-state index is 12.9. The largest absolute Gasteiger partial charge is 0.322 e. The van der Waals surface area contributed by atoms with Crippen LogP contribution in [0.4, 0.5) is 10.1 Å². The van der Waals surface area contributed by atoms with E-state index in [1.54, 1.807) is 12.1 Å². The lowest BCUT2D eigenvalue weighted by molar-refractivity contribution is 0.102. The molecule has 0 heterocycles. The number of hydrogen-bond acceptors (Lipinski definition) is 1. The number of nitrogens with one attached hydrogen (secondary N) is 1. The Kier molecular flexibility index (Phi) is 4.52. The number of hydrogen-bond donors (Lipinski definition) is 1. The molecule has 1 fully saturated rings. The van der Waals surface area contributed by atoms with Crippen LogP contribution in [0.5, 0.6) is 0 Å². The number of carbonyl (C=O) groups is 1. The molecule has 22 heavy (non-hydrogen) atoms. The van der Waals surface area contributed by atoms with Crippen LogP contribution in [0.2, 0.25) is 0 Å². The second-order valence-electron chi connectivity index (χ2n) is 5.92. The average molecular weight is 297 g/mol. The van der Waals surface area contributed by atoms with Gasteiger partial charge in [0.1, 0.15) is 5.82 Å². The van der Waals surface area contributed by atoms with Gasteiger partial charge in [-0.15, -0.1) is 0 Å². The van der Waals surface area contributed by atoms with Crippen LogP contribution in [0.1, 0.15) is 53.9 Å². The summed E-state index contributed by atoms with van der Waals surface area (Å²) >= 11 is 0. The molecule has 2 aromatic rings. The van der Waals surface area contributed by atoms with Gasteiger partial charge in [-0.05, 0) is 60.7 Å². The lowest BCUT2D eigenvalue weighted by atomic mass is 9.84. The molecule has 0 saturated heterocycles. The van der Waals surface area contributed by atoms with Crippen LogP contribution in [-0.2, 0) is 0 Å². The van der Waals surface area contributed by atoms with Crippen molar-refractivity contribution < 1.29 is 9.18 Å². The van der Waals surface area contributed by atoms with Crippen molar-refractivity contribution in [2.45, 2.75) is 38.0 Å². The lowest BCUT2D eigenvalue weighted by Gasteiger charge is -2.22. The smallest absolute Gasteiger partial charge is 0.255 e. The van der Waals surface area contributed by atoms with Crippen LogP contribution < -0.4 is 5.32 Å². The summed E-state index contributed by atoms with van der Waals surface area (Å²) in [5, 5.41) is 2.78. The second kappa shape index (κ2) is 6.73. The standard InChI is InChI=1S/C19H20FNO/c20-17-10-12-18(13-11-17)21-19(22)16-8-6-15(7-9-16)14-4-2-1-3-5-14/h6-14H,1-5H2,(H,21,22). The number of carbonyl (C=O) groups excluding carboxylic acids is 1. The average Bonchev–Trinajstić information content (AvgIpc) is 2.58. The van der Waals surface area contributed by atoms with E-state index in [0.29, 0.717) is 17.2 Å². The van der Waals surface area contributed by atoms with E-state index < -0.39 is 0 Å². The van der Waals surface area contributed by atoms with Crippen molar-refractivity contribution in [3.8, 4) is 0 Å². The van der Waals surface area contributed by atoms with E-state index in [9.17, 15) is 9.18 Å². The van der Waals surface area contributed by atoms with E-state index in [1.807, 2.05) is 12.1 Å². The third kappa shape index (κ3) is 3.53. The van der Waals surface area contributed by atoms with E-state index in [-0.39, 0.29) is 11.7 Å². The van der Waals surface area contributed by atoms with Crippen molar-refractivity contribution in [3.05, 3.63) is 65.5 Å². The van der Waals surface area contributed by atoms with Gasteiger partial charge in [0.15, 0.2) is 0 Å². The Morgan fingerprint density at radius 1 is 0.909 bits per heavy atom. The van der Waals surface area contributed by atoms with Crippen molar-refractivity contribution in [3.63, 3.8) is 0 Å². The number of rotatable bonds is 3. The molecule has 0 spiro atoms. The molecule has 3 heteroatoms. The fourth-order valence-corrected chi connectivity index (χ4v) is 3.08. The molecular formula is C19H20FNO. The minimum absolute atomic E-state index is 0.165. The summed E-state index contributed by atoms with van der Waals surface area (Å²) in [5.41, 5.74) is 2.56. The maximum absolute atomic E-state index is 12.9.